The van der Waals surface area contributed by atoms with Crippen LogP contribution in [-0.4, -0.2) is 30.9 Å². The Bertz CT molecular complexity index is 1340. The molecule has 0 saturated heterocycles. The van der Waals surface area contributed by atoms with Gasteiger partial charge in [-0.25, -0.2) is 23.4 Å². The molecule has 1 aromatic carbocycles. The molecule has 8 nitrogen and oxygen atoms in total. The summed E-state index contributed by atoms with van der Waals surface area (Å²) in [6.07, 6.45) is 1.72. The second-order valence-corrected chi connectivity index (χ2v) is 6.38. The number of aromatic nitrogens is 5. The van der Waals surface area contributed by atoms with Crippen LogP contribution in [0, 0.1) is 0 Å². The highest BCUT2D eigenvalue weighted by Crippen LogP contribution is 2.26. The molecule has 0 spiro atoms. The number of fused-ring (bicyclic) bond motifs is 1. The molecular formula is C20H18ClFN6O2. The smallest absolute Gasteiger partial charge is 0.327 e. The van der Waals surface area contributed by atoms with Crippen LogP contribution in [-0.2, 0) is 6.54 Å². The van der Waals surface area contributed by atoms with Gasteiger partial charge in [0.25, 0.3) is 0 Å². The van der Waals surface area contributed by atoms with Crippen molar-refractivity contribution in [1.82, 2.24) is 24.3 Å². The summed E-state index contributed by atoms with van der Waals surface area (Å²) in [7, 11) is 0. The van der Waals surface area contributed by atoms with Crippen LogP contribution in [0.15, 0.2) is 76.4 Å². The summed E-state index contributed by atoms with van der Waals surface area (Å²) in [6, 6.07) is 14.0. The largest absolute Gasteiger partial charge is 0.351 e. The maximum Gasteiger partial charge on any atom is 0.351 e. The van der Waals surface area contributed by atoms with Crippen molar-refractivity contribution in [2.45, 2.75) is 6.54 Å². The first-order chi connectivity index (χ1) is 14.1. The minimum absolute atomic E-state index is 0. The topological polar surface area (TPSA) is 112 Å². The molecule has 0 aliphatic carbocycles. The summed E-state index contributed by atoms with van der Waals surface area (Å²) in [5.41, 5.74) is 7.20. The molecule has 10 heteroatoms. The van der Waals surface area contributed by atoms with E-state index in [9.17, 15) is 14.0 Å². The number of nitrogens with two attached hydrogens (primary N) is 1. The molecule has 30 heavy (non-hydrogen) atoms. The van der Waals surface area contributed by atoms with Gasteiger partial charge in [0.15, 0.2) is 0 Å². The lowest BCUT2D eigenvalue weighted by atomic mass is 10.1. The van der Waals surface area contributed by atoms with E-state index in [1.807, 2.05) is 24.3 Å². The van der Waals surface area contributed by atoms with Crippen LogP contribution in [0.4, 0.5) is 4.39 Å². The van der Waals surface area contributed by atoms with Gasteiger partial charge in [-0.15, -0.1) is 12.4 Å². The van der Waals surface area contributed by atoms with Crippen LogP contribution >= 0.6 is 12.4 Å². The Morgan fingerprint density at radius 3 is 2.70 bits per heavy atom. The van der Waals surface area contributed by atoms with Crippen LogP contribution < -0.4 is 17.0 Å². The van der Waals surface area contributed by atoms with Gasteiger partial charge in [-0.1, -0.05) is 18.2 Å². The molecule has 0 bridgehead atoms. The second-order valence-electron chi connectivity index (χ2n) is 6.38. The van der Waals surface area contributed by atoms with Crippen molar-refractivity contribution in [3.63, 3.8) is 0 Å². The third-order valence-electron chi connectivity index (χ3n) is 4.53. The van der Waals surface area contributed by atoms with Gasteiger partial charge >= 0.3 is 5.69 Å². The summed E-state index contributed by atoms with van der Waals surface area (Å²) in [6.45, 7) is -0.0398. The summed E-state index contributed by atoms with van der Waals surface area (Å²) in [4.78, 5) is 31.6. The van der Waals surface area contributed by atoms with Crippen LogP contribution in [0.3, 0.4) is 0 Å². The van der Waals surface area contributed by atoms with E-state index in [0.717, 1.165) is 15.6 Å². The molecule has 0 atom stereocenters. The van der Waals surface area contributed by atoms with Gasteiger partial charge in [0.05, 0.1) is 18.6 Å². The predicted molar refractivity (Wildman–Crippen MR) is 115 cm³/mol. The highest BCUT2D eigenvalue weighted by molar-refractivity contribution is 5.93. The number of hydrogen-bond donors (Lipinski definition) is 2. The lowest BCUT2D eigenvalue weighted by molar-refractivity contribution is 0.612. The summed E-state index contributed by atoms with van der Waals surface area (Å²) < 4.78 is 15.2. The molecule has 4 aromatic rings. The molecule has 0 unspecified atom stereocenters. The summed E-state index contributed by atoms with van der Waals surface area (Å²) >= 11 is 0. The summed E-state index contributed by atoms with van der Waals surface area (Å²) in [5, 5.41) is 4.85. The fourth-order valence-corrected chi connectivity index (χ4v) is 3.06. The third kappa shape index (κ3) is 3.93. The number of rotatable bonds is 5. The van der Waals surface area contributed by atoms with Crippen LogP contribution in [0.5, 0.6) is 0 Å². The number of nitrogens with zero attached hydrogens (tertiary/aromatic N) is 4. The van der Waals surface area contributed by atoms with E-state index < -0.39 is 5.69 Å². The minimum Gasteiger partial charge on any atom is -0.327 e. The Morgan fingerprint density at radius 1 is 1.13 bits per heavy atom. The molecule has 4 rings (SSSR count). The maximum absolute atomic E-state index is 12.8. The lowest BCUT2D eigenvalue weighted by Crippen LogP contribution is -2.26. The van der Waals surface area contributed by atoms with Gasteiger partial charge in [-0.2, -0.15) is 5.10 Å². The van der Waals surface area contributed by atoms with E-state index in [-0.39, 0.29) is 36.6 Å². The van der Waals surface area contributed by atoms with Gasteiger partial charge in [0.2, 0.25) is 5.56 Å². The molecular weight excluding hydrogens is 411 g/mol. The monoisotopic (exact) mass is 428 g/mol. The Morgan fingerprint density at radius 2 is 1.93 bits per heavy atom. The number of halogens is 2. The van der Waals surface area contributed by atoms with E-state index in [2.05, 4.69) is 15.1 Å². The Balaban J connectivity index is 0.00000256. The van der Waals surface area contributed by atoms with Crippen LogP contribution in [0.1, 0.15) is 0 Å². The summed E-state index contributed by atoms with van der Waals surface area (Å²) in [5.74, 6) is 0.374. The number of aromatic amines is 1. The first kappa shape index (κ1) is 21.2. The minimum atomic E-state index is -0.454. The van der Waals surface area contributed by atoms with Gasteiger partial charge < -0.3 is 10.7 Å². The SMILES string of the molecule is Cl.NC/C(=C\F)Cn1ncn(-c2cccc(-c3cccc4[nH]c(=O)ccc34)n2)c1=O. The first-order valence-electron chi connectivity index (χ1n) is 8.83. The normalized spacial score (nSPS) is 11.5. The standard InChI is InChI=1S/C20H17FN6O2.ClH/c21-9-13(10-22)11-27-20(29)26(12-23-27)18-6-2-5-16(24-18)14-3-1-4-17-15(14)7-8-19(28)25-17;/h1-9,12H,10-11,22H2,(H,25,28);1H/b13-9+;. The molecule has 0 radical (unpaired) electrons. The third-order valence-corrected chi connectivity index (χ3v) is 4.53. The predicted octanol–water partition coefficient (Wildman–Crippen LogP) is 2.17. The Kier molecular flexibility index (Phi) is 6.24. The molecule has 0 saturated carbocycles. The van der Waals surface area contributed by atoms with E-state index in [1.54, 1.807) is 18.2 Å². The maximum atomic E-state index is 12.8. The molecule has 0 aliphatic heterocycles. The fourth-order valence-electron chi connectivity index (χ4n) is 3.06. The zero-order valence-corrected chi connectivity index (χ0v) is 16.5. The molecule has 0 fully saturated rings. The van der Waals surface area contributed by atoms with Gasteiger partial charge in [0, 0.05) is 29.1 Å². The van der Waals surface area contributed by atoms with E-state index in [1.165, 1.54) is 17.0 Å². The van der Waals surface area contributed by atoms with Crippen molar-refractivity contribution in [3.8, 4) is 17.1 Å². The lowest BCUT2D eigenvalue weighted by Gasteiger charge is -2.08. The quantitative estimate of drug-likeness (QED) is 0.506. The zero-order chi connectivity index (χ0) is 20.4. The molecule has 3 heterocycles. The number of hydrogen-bond acceptors (Lipinski definition) is 5. The van der Waals surface area contributed by atoms with Crippen molar-refractivity contribution in [2.24, 2.45) is 5.73 Å². The van der Waals surface area contributed by atoms with Gasteiger partial charge in [-0.05, 0) is 29.8 Å². The van der Waals surface area contributed by atoms with Crippen molar-refractivity contribution >= 4 is 23.3 Å². The van der Waals surface area contributed by atoms with Crippen LogP contribution in [0.25, 0.3) is 28.0 Å². The van der Waals surface area contributed by atoms with Crippen molar-refractivity contribution in [2.75, 3.05) is 6.54 Å². The highest BCUT2D eigenvalue weighted by Gasteiger charge is 2.12. The number of benzene rings is 1. The van der Waals surface area contributed by atoms with E-state index in [0.29, 0.717) is 23.4 Å². The zero-order valence-electron chi connectivity index (χ0n) is 15.7. The first-order valence-corrected chi connectivity index (χ1v) is 8.83. The van der Waals surface area contributed by atoms with Crippen molar-refractivity contribution in [1.29, 1.82) is 0 Å². The van der Waals surface area contributed by atoms with Crippen molar-refractivity contribution < 1.29 is 4.39 Å². The fraction of sp³-hybridized carbons (Fsp3) is 0.100. The molecule has 154 valence electrons. The van der Waals surface area contributed by atoms with Crippen molar-refractivity contribution in [3.05, 3.63) is 87.6 Å². The second kappa shape index (κ2) is 8.85. The number of nitrogens with one attached hydrogen (secondary N) is 1. The molecule has 3 aromatic heterocycles. The van der Waals surface area contributed by atoms with Gasteiger partial charge in [0.1, 0.15) is 12.1 Å². The highest BCUT2D eigenvalue weighted by atomic mass is 35.5. The Labute approximate surface area is 175 Å². The van der Waals surface area contributed by atoms with Crippen LogP contribution in [0.2, 0.25) is 0 Å². The average molecular weight is 429 g/mol. The molecule has 0 aliphatic rings. The Hall–Kier alpha value is -3.56. The average Bonchev–Trinajstić information content (AvgIpc) is 3.11. The number of H-pyrrole nitrogens is 1. The molecule has 0 amide bonds. The van der Waals surface area contributed by atoms with E-state index in [4.69, 9.17) is 5.73 Å². The van der Waals surface area contributed by atoms with E-state index >= 15 is 0 Å². The van der Waals surface area contributed by atoms with Gasteiger partial charge in [-0.3, -0.25) is 4.79 Å². The molecule has 3 N–H and O–H groups in total. The number of pyridine rings is 2.